The second kappa shape index (κ2) is 5.97. The number of carbonyl (C=O) groups excluding carboxylic acids is 1. The fourth-order valence-corrected chi connectivity index (χ4v) is 1.14. The van der Waals surface area contributed by atoms with E-state index in [2.05, 4.69) is 0 Å². The first kappa shape index (κ1) is 11.4. The minimum absolute atomic E-state index is 0.142. The lowest BCUT2D eigenvalue weighted by atomic mass is 10.1. The Morgan fingerprint density at radius 3 is 2.33 bits per heavy atom. The smallest absolute Gasteiger partial charge is 0.234 e. The van der Waals surface area contributed by atoms with Crippen molar-refractivity contribution in [3.63, 3.8) is 0 Å². The van der Waals surface area contributed by atoms with Crippen molar-refractivity contribution in [2.75, 3.05) is 20.6 Å². The van der Waals surface area contributed by atoms with E-state index >= 15 is 0 Å². The van der Waals surface area contributed by atoms with Crippen molar-refractivity contribution in [1.29, 1.82) is 0 Å². The molecular formula is C8H19N3O. The Balaban J connectivity index is 3.72. The average Bonchev–Trinajstić information content (AvgIpc) is 1.96. The van der Waals surface area contributed by atoms with E-state index in [1.165, 1.54) is 0 Å². The molecule has 0 heterocycles. The molecule has 0 bridgehead atoms. The summed E-state index contributed by atoms with van der Waals surface area (Å²) in [5.74, 6) is -0.253. The van der Waals surface area contributed by atoms with E-state index < -0.39 is 0 Å². The molecule has 0 aromatic heterocycles. The summed E-state index contributed by atoms with van der Waals surface area (Å²) in [7, 11) is 3.72. The van der Waals surface area contributed by atoms with Gasteiger partial charge in [0.15, 0.2) is 0 Å². The van der Waals surface area contributed by atoms with Crippen molar-refractivity contribution >= 4 is 5.91 Å². The highest BCUT2D eigenvalue weighted by atomic mass is 16.1. The van der Waals surface area contributed by atoms with Crippen LogP contribution >= 0.6 is 0 Å². The van der Waals surface area contributed by atoms with Crippen molar-refractivity contribution in [3.05, 3.63) is 0 Å². The predicted molar refractivity (Wildman–Crippen MR) is 49.6 cm³/mol. The monoisotopic (exact) mass is 173 g/mol. The van der Waals surface area contributed by atoms with Gasteiger partial charge in [0, 0.05) is 0 Å². The lowest BCUT2D eigenvalue weighted by molar-refractivity contribution is -0.122. The third-order valence-corrected chi connectivity index (χ3v) is 1.88. The molecule has 0 aromatic carbocycles. The molecule has 0 fully saturated rings. The number of rotatable bonds is 6. The Kier molecular flexibility index (Phi) is 5.66. The first-order chi connectivity index (χ1) is 5.59. The zero-order valence-electron chi connectivity index (χ0n) is 7.92. The zero-order chi connectivity index (χ0) is 9.56. The van der Waals surface area contributed by atoms with E-state index in [9.17, 15) is 4.79 Å². The van der Waals surface area contributed by atoms with Crippen LogP contribution in [0, 0.1) is 0 Å². The molecule has 0 aliphatic rings. The standard InChI is InChI=1S/C8H19N3O/c1-11(2)7(8(10)12)5-3-4-6-9/h7H,3-6,9H2,1-2H3,(H2,10,12). The molecule has 0 spiro atoms. The molecule has 72 valence electrons. The van der Waals surface area contributed by atoms with Gasteiger partial charge in [-0.2, -0.15) is 0 Å². The number of hydrogen-bond acceptors (Lipinski definition) is 3. The second-order valence-electron chi connectivity index (χ2n) is 3.17. The highest BCUT2D eigenvalue weighted by molar-refractivity contribution is 5.79. The fraction of sp³-hybridized carbons (Fsp3) is 0.875. The van der Waals surface area contributed by atoms with Crippen LogP contribution in [0.5, 0.6) is 0 Å². The van der Waals surface area contributed by atoms with Crippen molar-refractivity contribution in [2.45, 2.75) is 25.3 Å². The molecule has 0 aromatic rings. The molecule has 12 heavy (non-hydrogen) atoms. The summed E-state index contributed by atoms with van der Waals surface area (Å²) < 4.78 is 0. The Morgan fingerprint density at radius 2 is 2.00 bits per heavy atom. The van der Waals surface area contributed by atoms with Gasteiger partial charge in [0.1, 0.15) is 0 Å². The third kappa shape index (κ3) is 4.31. The highest BCUT2D eigenvalue weighted by Crippen LogP contribution is 2.04. The molecular weight excluding hydrogens is 154 g/mol. The van der Waals surface area contributed by atoms with E-state index in [4.69, 9.17) is 11.5 Å². The average molecular weight is 173 g/mol. The summed E-state index contributed by atoms with van der Waals surface area (Å²) in [5, 5.41) is 0. The molecule has 0 aliphatic carbocycles. The maximum absolute atomic E-state index is 10.9. The molecule has 0 saturated carbocycles. The fourth-order valence-electron chi connectivity index (χ4n) is 1.14. The van der Waals surface area contributed by atoms with Crippen LogP contribution in [-0.4, -0.2) is 37.5 Å². The molecule has 4 N–H and O–H groups in total. The summed E-state index contributed by atoms with van der Waals surface area (Å²) in [6.07, 6.45) is 2.72. The quantitative estimate of drug-likeness (QED) is 0.533. The van der Waals surface area contributed by atoms with Crippen LogP contribution in [-0.2, 0) is 4.79 Å². The van der Waals surface area contributed by atoms with E-state index in [0.29, 0.717) is 6.54 Å². The van der Waals surface area contributed by atoms with Crippen LogP contribution in [0.3, 0.4) is 0 Å². The molecule has 0 radical (unpaired) electrons. The first-order valence-corrected chi connectivity index (χ1v) is 4.25. The van der Waals surface area contributed by atoms with Gasteiger partial charge in [-0.05, 0) is 33.5 Å². The number of carbonyl (C=O) groups is 1. The first-order valence-electron chi connectivity index (χ1n) is 4.25. The van der Waals surface area contributed by atoms with Gasteiger partial charge < -0.3 is 11.5 Å². The Hall–Kier alpha value is -0.610. The lowest BCUT2D eigenvalue weighted by Crippen LogP contribution is -2.40. The van der Waals surface area contributed by atoms with Gasteiger partial charge in [-0.3, -0.25) is 9.69 Å². The van der Waals surface area contributed by atoms with Crippen LogP contribution in [0.1, 0.15) is 19.3 Å². The minimum atomic E-state index is -0.253. The number of amides is 1. The number of unbranched alkanes of at least 4 members (excludes halogenated alkanes) is 1. The van der Waals surface area contributed by atoms with Gasteiger partial charge in [-0.15, -0.1) is 0 Å². The molecule has 0 aliphatic heterocycles. The number of primary amides is 1. The van der Waals surface area contributed by atoms with Gasteiger partial charge in [0.05, 0.1) is 6.04 Å². The van der Waals surface area contributed by atoms with E-state index in [1.807, 2.05) is 19.0 Å². The SMILES string of the molecule is CN(C)C(CCCCN)C(N)=O. The predicted octanol–water partition coefficient (Wildman–Crippen LogP) is -0.469. The van der Waals surface area contributed by atoms with Crippen LogP contribution in [0.2, 0.25) is 0 Å². The Labute approximate surface area is 73.9 Å². The van der Waals surface area contributed by atoms with Crippen LogP contribution in [0.4, 0.5) is 0 Å². The maximum Gasteiger partial charge on any atom is 0.234 e. The maximum atomic E-state index is 10.9. The van der Waals surface area contributed by atoms with Gasteiger partial charge in [0.2, 0.25) is 5.91 Å². The summed E-state index contributed by atoms with van der Waals surface area (Å²) in [6, 6.07) is -0.142. The van der Waals surface area contributed by atoms with Gasteiger partial charge in [-0.1, -0.05) is 6.42 Å². The number of likely N-dealkylation sites (N-methyl/N-ethyl adjacent to an activating group) is 1. The molecule has 4 nitrogen and oxygen atoms in total. The molecule has 4 heteroatoms. The molecule has 1 unspecified atom stereocenters. The summed E-state index contributed by atoms with van der Waals surface area (Å²) in [4.78, 5) is 12.7. The summed E-state index contributed by atoms with van der Waals surface area (Å²) in [5.41, 5.74) is 10.5. The Bertz CT molecular complexity index is 136. The zero-order valence-corrected chi connectivity index (χ0v) is 7.92. The van der Waals surface area contributed by atoms with Gasteiger partial charge in [-0.25, -0.2) is 0 Å². The molecule has 1 atom stereocenters. The van der Waals surface area contributed by atoms with Gasteiger partial charge in [0.25, 0.3) is 0 Å². The van der Waals surface area contributed by atoms with E-state index in [0.717, 1.165) is 19.3 Å². The highest BCUT2D eigenvalue weighted by Gasteiger charge is 2.16. The molecule has 0 rings (SSSR count). The number of hydrogen-bond donors (Lipinski definition) is 2. The van der Waals surface area contributed by atoms with Crippen LogP contribution in [0.15, 0.2) is 0 Å². The van der Waals surface area contributed by atoms with Crippen molar-refractivity contribution in [1.82, 2.24) is 4.90 Å². The third-order valence-electron chi connectivity index (χ3n) is 1.88. The number of nitrogens with zero attached hydrogens (tertiary/aromatic N) is 1. The van der Waals surface area contributed by atoms with Crippen LogP contribution < -0.4 is 11.5 Å². The normalized spacial score (nSPS) is 13.3. The molecule has 1 amide bonds. The summed E-state index contributed by atoms with van der Waals surface area (Å²) in [6.45, 7) is 0.679. The Morgan fingerprint density at radius 1 is 1.42 bits per heavy atom. The van der Waals surface area contributed by atoms with E-state index in [-0.39, 0.29) is 11.9 Å². The second-order valence-corrected chi connectivity index (χ2v) is 3.17. The topological polar surface area (TPSA) is 72.3 Å². The largest absolute Gasteiger partial charge is 0.368 e. The summed E-state index contributed by atoms with van der Waals surface area (Å²) >= 11 is 0. The number of nitrogens with two attached hydrogens (primary N) is 2. The minimum Gasteiger partial charge on any atom is -0.368 e. The van der Waals surface area contributed by atoms with Crippen molar-refractivity contribution < 1.29 is 4.79 Å². The van der Waals surface area contributed by atoms with Crippen LogP contribution in [0.25, 0.3) is 0 Å². The lowest BCUT2D eigenvalue weighted by Gasteiger charge is -2.20. The van der Waals surface area contributed by atoms with Crippen molar-refractivity contribution in [2.24, 2.45) is 11.5 Å². The molecule has 0 saturated heterocycles. The van der Waals surface area contributed by atoms with E-state index in [1.54, 1.807) is 0 Å². The van der Waals surface area contributed by atoms with Gasteiger partial charge >= 0.3 is 0 Å². The van der Waals surface area contributed by atoms with Crippen molar-refractivity contribution in [3.8, 4) is 0 Å².